The van der Waals surface area contributed by atoms with E-state index in [9.17, 15) is 13.2 Å². The van der Waals surface area contributed by atoms with Crippen LogP contribution in [-0.2, 0) is 21.1 Å². The van der Waals surface area contributed by atoms with Gasteiger partial charge in [0.1, 0.15) is 0 Å². The quantitative estimate of drug-likeness (QED) is 0.929. The van der Waals surface area contributed by atoms with Crippen LogP contribution in [0.25, 0.3) is 0 Å². The first-order valence-corrected chi connectivity index (χ1v) is 9.43. The van der Waals surface area contributed by atoms with Crippen molar-refractivity contribution in [2.24, 2.45) is 5.92 Å². The molecule has 4 nitrogen and oxygen atoms in total. The molecule has 2 atom stereocenters. The zero-order valence-corrected chi connectivity index (χ0v) is 12.9. The normalized spacial score (nSPS) is 27.0. The summed E-state index contributed by atoms with van der Waals surface area (Å²) in [5.74, 6) is 0.381. The molecule has 2 aliphatic rings. The first-order chi connectivity index (χ1) is 10.0. The number of sulfone groups is 1. The van der Waals surface area contributed by atoms with Crippen molar-refractivity contribution in [2.75, 3.05) is 11.5 Å². The molecule has 1 aromatic carbocycles. The molecular weight excluding hydrogens is 286 g/mol. The summed E-state index contributed by atoms with van der Waals surface area (Å²) in [7, 11) is -2.90. The third kappa shape index (κ3) is 3.46. The third-order valence-electron chi connectivity index (χ3n) is 4.51. The highest BCUT2D eigenvalue weighted by atomic mass is 32.2. The predicted octanol–water partition coefficient (Wildman–Crippen LogP) is 2.00. The second-order valence-electron chi connectivity index (χ2n) is 6.18. The Morgan fingerprint density at radius 3 is 2.81 bits per heavy atom. The van der Waals surface area contributed by atoms with E-state index >= 15 is 0 Å². The topological polar surface area (TPSA) is 63.2 Å². The molecule has 0 bridgehead atoms. The maximum atomic E-state index is 12.2. The predicted molar refractivity (Wildman–Crippen MR) is 81.6 cm³/mol. The van der Waals surface area contributed by atoms with Crippen LogP contribution in [0.1, 0.15) is 42.9 Å². The highest BCUT2D eigenvalue weighted by Gasteiger charge is 2.30. The van der Waals surface area contributed by atoms with Crippen LogP contribution in [0.3, 0.4) is 0 Å². The van der Waals surface area contributed by atoms with E-state index in [2.05, 4.69) is 17.4 Å². The van der Waals surface area contributed by atoms with E-state index in [-0.39, 0.29) is 29.4 Å². The van der Waals surface area contributed by atoms with Gasteiger partial charge in [0, 0.05) is 6.42 Å². The van der Waals surface area contributed by atoms with E-state index in [1.165, 1.54) is 11.1 Å². The van der Waals surface area contributed by atoms with Gasteiger partial charge >= 0.3 is 0 Å². The maximum absolute atomic E-state index is 12.2. The maximum Gasteiger partial charge on any atom is 0.220 e. The fourth-order valence-corrected chi connectivity index (χ4v) is 5.31. The lowest BCUT2D eigenvalue weighted by Gasteiger charge is -2.26. The summed E-state index contributed by atoms with van der Waals surface area (Å²) in [5.41, 5.74) is 2.54. The smallest absolute Gasteiger partial charge is 0.220 e. The van der Waals surface area contributed by atoms with Crippen molar-refractivity contribution in [2.45, 2.75) is 38.1 Å². The van der Waals surface area contributed by atoms with Crippen molar-refractivity contribution < 1.29 is 13.2 Å². The van der Waals surface area contributed by atoms with Crippen LogP contribution in [0.2, 0.25) is 0 Å². The molecule has 1 heterocycles. The van der Waals surface area contributed by atoms with E-state index in [4.69, 9.17) is 0 Å². The molecule has 1 amide bonds. The molecule has 0 saturated carbocycles. The van der Waals surface area contributed by atoms with Gasteiger partial charge in [0.15, 0.2) is 9.84 Å². The molecule has 1 aliphatic carbocycles. The van der Waals surface area contributed by atoms with Gasteiger partial charge in [-0.05, 0) is 42.7 Å². The van der Waals surface area contributed by atoms with Crippen LogP contribution in [0.5, 0.6) is 0 Å². The third-order valence-corrected chi connectivity index (χ3v) is 6.34. The summed E-state index contributed by atoms with van der Waals surface area (Å²) in [5, 5.41) is 3.10. The van der Waals surface area contributed by atoms with Crippen molar-refractivity contribution in [1.29, 1.82) is 0 Å². The Morgan fingerprint density at radius 1 is 1.24 bits per heavy atom. The fourth-order valence-electron chi connectivity index (χ4n) is 3.45. The van der Waals surface area contributed by atoms with Crippen LogP contribution < -0.4 is 5.32 Å². The summed E-state index contributed by atoms with van der Waals surface area (Å²) < 4.78 is 22.9. The molecule has 1 aromatic rings. The standard InChI is InChI=1S/C16H21NO3S/c18-16(10-12-8-9-21(19,20)11-12)17-15-7-3-5-13-4-1-2-6-14(13)15/h1-2,4,6,12,15H,3,5,7-11H2,(H,17,18)/t12-,15+/m1/s1. The summed E-state index contributed by atoms with van der Waals surface area (Å²) >= 11 is 0. The van der Waals surface area contributed by atoms with E-state index in [1.807, 2.05) is 12.1 Å². The van der Waals surface area contributed by atoms with Gasteiger partial charge in [-0.1, -0.05) is 24.3 Å². The second kappa shape index (κ2) is 5.79. The average molecular weight is 307 g/mol. The SMILES string of the molecule is O=C(C[C@H]1CCS(=O)(=O)C1)N[C@H]1CCCc2ccccc21. The lowest BCUT2D eigenvalue weighted by molar-refractivity contribution is -0.122. The molecule has 114 valence electrons. The molecule has 1 aliphatic heterocycles. The zero-order chi connectivity index (χ0) is 14.9. The molecule has 0 aromatic heterocycles. The van der Waals surface area contributed by atoms with Gasteiger partial charge in [-0.15, -0.1) is 0 Å². The molecule has 1 saturated heterocycles. The summed E-state index contributed by atoms with van der Waals surface area (Å²) in [6, 6.07) is 8.33. The Kier molecular flexibility index (Phi) is 4.02. The first kappa shape index (κ1) is 14.6. The van der Waals surface area contributed by atoms with Gasteiger partial charge in [0.25, 0.3) is 0 Å². The van der Waals surface area contributed by atoms with Gasteiger partial charge in [0.2, 0.25) is 5.91 Å². The Balaban J connectivity index is 1.61. The fraction of sp³-hybridized carbons (Fsp3) is 0.562. The van der Waals surface area contributed by atoms with Gasteiger partial charge in [0.05, 0.1) is 17.5 Å². The molecule has 1 fully saturated rings. The monoisotopic (exact) mass is 307 g/mol. The number of nitrogens with one attached hydrogen (secondary N) is 1. The molecule has 21 heavy (non-hydrogen) atoms. The molecule has 0 radical (unpaired) electrons. The van der Waals surface area contributed by atoms with E-state index in [0.29, 0.717) is 12.8 Å². The molecule has 3 rings (SSSR count). The largest absolute Gasteiger partial charge is 0.349 e. The molecule has 1 N–H and O–H groups in total. The second-order valence-corrected chi connectivity index (χ2v) is 8.41. The van der Waals surface area contributed by atoms with Crippen LogP contribution >= 0.6 is 0 Å². The summed E-state index contributed by atoms with van der Waals surface area (Å²) in [6.07, 6.45) is 4.07. The minimum absolute atomic E-state index is 0.00571. The molecule has 0 spiro atoms. The number of benzene rings is 1. The number of aryl methyl sites for hydroxylation is 1. The molecule has 5 heteroatoms. The zero-order valence-electron chi connectivity index (χ0n) is 12.0. The number of carbonyl (C=O) groups is 1. The van der Waals surface area contributed by atoms with Gasteiger partial charge in [-0.3, -0.25) is 4.79 Å². The van der Waals surface area contributed by atoms with Gasteiger partial charge in [-0.2, -0.15) is 0 Å². The van der Waals surface area contributed by atoms with E-state index in [1.54, 1.807) is 0 Å². The number of amides is 1. The lowest BCUT2D eigenvalue weighted by atomic mass is 9.87. The Bertz CT molecular complexity index is 639. The first-order valence-electron chi connectivity index (χ1n) is 7.61. The summed E-state index contributed by atoms with van der Waals surface area (Å²) in [4.78, 5) is 12.2. The van der Waals surface area contributed by atoms with Crippen molar-refractivity contribution in [3.8, 4) is 0 Å². The van der Waals surface area contributed by atoms with Crippen molar-refractivity contribution in [3.05, 3.63) is 35.4 Å². The highest BCUT2D eigenvalue weighted by molar-refractivity contribution is 7.91. The van der Waals surface area contributed by atoms with Crippen LogP contribution in [-0.4, -0.2) is 25.8 Å². The van der Waals surface area contributed by atoms with E-state index in [0.717, 1.165) is 19.3 Å². The van der Waals surface area contributed by atoms with E-state index < -0.39 is 9.84 Å². The number of hydrogen-bond donors (Lipinski definition) is 1. The Labute approximate surface area is 125 Å². The molecular formula is C16H21NO3S. The van der Waals surface area contributed by atoms with Crippen molar-refractivity contribution >= 4 is 15.7 Å². The summed E-state index contributed by atoms with van der Waals surface area (Å²) in [6.45, 7) is 0. The van der Waals surface area contributed by atoms with Crippen LogP contribution in [0.4, 0.5) is 0 Å². The average Bonchev–Trinajstić information content (AvgIpc) is 2.78. The number of hydrogen-bond acceptors (Lipinski definition) is 3. The van der Waals surface area contributed by atoms with Crippen molar-refractivity contribution in [3.63, 3.8) is 0 Å². The number of carbonyl (C=O) groups excluding carboxylic acids is 1. The van der Waals surface area contributed by atoms with Crippen molar-refractivity contribution in [1.82, 2.24) is 5.32 Å². The Morgan fingerprint density at radius 2 is 2.05 bits per heavy atom. The minimum Gasteiger partial charge on any atom is -0.349 e. The number of rotatable bonds is 3. The van der Waals surface area contributed by atoms with Gasteiger partial charge < -0.3 is 5.32 Å². The number of fused-ring (bicyclic) bond motifs is 1. The van der Waals surface area contributed by atoms with Crippen LogP contribution in [0, 0.1) is 5.92 Å². The van der Waals surface area contributed by atoms with Crippen LogP contribution in [0.15, 0.2) is 24.3 Å². The molecule has 0 unspecified atom stereocenters. The van der Waals surface area contributed by atoms with Gasteiger partial charge in [-0.25, -0.2) is 8.42 Å². The lowest BCUT2D eigenvalue weighted by Crippen LogP contribution is -2.32. The highest BCUT2D eigenvalue weighted by Crippen LogP contribution is 2.30. The minimum atomic E-state index is -2.90. The Hall–Kier alpha value is -1.36.